The van der Waals surface area contributed by atoms with E-state index in [-0.39, 0.29) is 23.1 Å². The molecular weight excluding hydrogens is 400 g/mol. The van der Waals surface area contributed by atoms with Gasteiger partial charge in [-0.3, -0.25) is 9.59 Å². The summed E-state index contributed by atoms with van der Waals surface area (Å²) >= 11 is 7.12. The van der Waals surface area contributed by atoms with Crippen LogP contribution in [0.1, 0.15) is 38.1 Å². The van der Waals surface area contributed by atoms with Crippen molar-refractivity contribution in [3.05, 3.63) is 56.9 Å². The van der Waals surface area contributed by atoms with Gasteiger partial charge in [-0.25, -0.2) is 4.79 Å². The van der Waals surface area contributed by atoms with Crippen LogP contribution in [0.5, 0.6) is 0 Å². The summed E-state index contributed by atoms with van der Waals surface area (Å²) < 4.78 is 5.09. The van der Waals surface area contributed by atoms with E-state index in [9.17, 15) is 14.4 Å². The minimum Gasteiger partial charge on any atom is -0.462 e. The molecule has 0 fully saturated rings. The summed E-state index contributed by atoms with van der Waals surface area (Å²) in [6.45, 7) is 3.54. The molecule has 0 spiro atoms. The molecule has 1 N–H and O–H groups in total. The molecule has 2 rings (SSSR count). The quantitative estimate of drug-likeness (QED) is 0.560. The molecule has 0 aliphatic carbocycles. The van der Waals surface area contributed by atoms with E-state index in [0.717, 1.165) is 11.3 Å². The largest absolute Gasteiger partial charge is 0.462 e. The maximum atomic E-state index is 12.4. The number of carbonyl (C=O) groups excluding carboxylic acids is 3. The maximum absolute atomic E-state index is 12.4. The minimum atomic E-state index is -0.584. The second-order valence-corrected chi connectivity index (χ2v) is 7.45. The summed E-state index contributed by atoms with van der Waals surface area (Å²) in [7, 11) is 3.24. The number of rotatable bonds is 6. The van der Waals surface area contributed by atoms with Crippen LogP contribution in [0.3, 0.4) is 0 Å². The van der Waals surface area contributed by atoms with Crippen molar-refractivity contribution in [3.8, 4) is 0 Å². The van der Waals surface area contributed by atoms with Crippen LogP contribution in [0.4, 0.5) is 5.00 Å². The first-order valence-electron chi connectivity index (χ1n) is 8.52. The molecule has 0 saturated heterocycles. The summed E-state index contributed by atoms with van der Waals surface area (Å²) in [4.78, 5) is 38.9. The first kappa shape index (κ1) is 21.7. The van der Waals surface area contributed by atoms with Gasteiger partial charge in [0.2, 0.25) is 5.91 Å². The number of benzene rings is 1. The third kappa shape index (κ3) is 4.99. The van der Waals surface area contributed by atoms with E-state index < -0.39 is 11.9 Å². The number of esters is 1. The Labute approximate surface area is 172 Å². The van der Waals surface area contributed by atoms with Crippen LogP contribution < -0.4 is 5.32 Å². The Morgan fingerprint density at radius 3 is 2.54 bits per heavy atom. The lowest BCUT2D eigenvalue weighted by molar-refractivity contribution is -0.111. The van der Waals surface area contributed by atoms with E-state index in [1.807, 2.05) is 6.07 Å². The fourth-order valence-electron chi connectivity index (χ4n) is 2.39. The molecule has 1 aromatic heterocycles. The number of ether oxygens (including phenoxy) is 1. The monoisotopic (exact) mass is 420 g/mol. The van der Waals surface area contributed by atoms with Crippen LogP contribution in [-0.2, 0) is 9.53 Å². The molecule has 0 bridgehead atoms. The molecule has 0 atom stereocenters. The number of amides is 2. The van der Waals surface area contributed by atoms with Gasteiger partial charge >= 0.3 is 5.97 Å². The average Bonchev–Trinajstić information content (AvgIpc) is 2.96. The third-order valence-electron chi connectivity index (χ3n) is 3.78. The standard InChI is InChI=1S/C20H21ClN2O4S/c1-5-27-20(26)16-12(2)17(19(25)23(3)4)28-18(16)22-15(24)11-10-13-8-6-7-9-14(13)21/h6-11H,5H2,1-4H3,(H,22,24). The predicted octanol–water partition coefficient (Wildman–Crippen LogP) is 4.24. The van der Waals surface area contributed by atoms with Crippen molar-refractivity contribution >= 4 is 51.8 Å². The number of halogens is 1. The molecule has 2 amide bonds. The van der Waals surface area contributed by atoms with Gasteiger partial charge in [-0.1, -0.05) is 29.8 Å². The highest BCUT2D eigenvalue weighted by Gasteiger charge is 2.27. The SMILES string of the molecule is CCOC(=O)c1c(NC(=O)C=Cc2ccccc2Cl)sc(C(=O)N(C)C)c1C. The molecular formula is C20H21ClN2O4S. The lowest BCUT2D eigenvalue weighted by Crippen LogP contribution is -2.21. The van der Waals surface area contributed by atoms with E-state index in [4.69, 9.17) is 16.3 Å². The highest BCUT2D eigenvalue weighted by molar-refractivity contribution is 7.18. The fourth-order valence-corrected chi connectivity index (χ4v) is 3.80. The van der Waals surface area contributed by atoms with Crippen molar-refractivity contribution in [1.82, 2.24) is 4.90 Å². The minimum absolute atomic E-state index is 0.185. The Bertz CT molecular complexity index is 934. The second-order valence-electron chi connectivity index (χ2n) is 6.02. The van der Waals surface area contributed by atoms with Gasteiger partial charge in [0.15, 0.2) is 0 Å². The zero-order chi connectivity index (χ0) is 20.8. The summed E-state index contributed by atoms with van der Waals surface area (Å²) in [6.07, 6.45) is 2.90. The molecule has 8 heteroatoms. The van der Waals surface area contributed by atoms with E-state index in [0.29, 0.717) is 21.0 Å². The van der Waals surface area contributed by atoms with Crippen LogP contribution in [0, 0.1) is 6.92 Å². The molecule has 6 nitrogen and oxygen atoms in total. The van der Waals surface area contributed by atoms with Gasteiger partial charge in [0.05, 0.1) is 17.0 Å². The number of thiophene rings is 1. The van der Waals surface area contributed by atoms with Gasteiger partial charge in [-0.15, -0.1) is 11.3 Å². The molecule has 0 aliphatic rings. The van der Waals surface area contributed by atoms with E-state index >= 15 is 0 Å². The topological polar surface area (TPSA) is 75.7 Å². The first-order valence-corrected chi connectivity index (χ1v) is 9.71. The second kappa shape index (κ2) is 9.52. The van der Waals surface area contributed by atoms with Crippen molar-refractivity contribution in [3.63, 3.8) is 0 Å². The first-order chi connectivity index (χ1) is 13.3. The molecule has 28 heavy (non-hydrogen) atoms. The molecule has 2 aromatic rings. The van der Waals surface area contributed by atoms with Crippen LogP contribution in [-0.4, -0.2) is 43.4 Å². The number of nitrogens with one attached hydrogen (secondary N) is 1. The van der Waals surface area contributed by atoms with E-state index in [2.05, 4.69) is 5.32 Å². The molecule has 1 aromatic carbocycles. The fraction of sp³-hybridized carbons (Fsp3) is 0.250. The maximum Gasteiger partial charge on any atom is 0.341 e. The molecule has 0 radical (unpaired) electrons. The lowest BCUT2D eigenvalue weighted by Gasteiger charge is -2.09. The number of anilines is 1. The van der Waals surface area contributed by atoms with Crippen molar-refractivity contribution in [1.29, 1.82) is 0 Å². The summed E-state index contributed by atoms with van der Waals surface area (Å²) in [5.41, 5.74) is 1.36. The zero-order valence-electron chi connectivity index (χ0n) is 16.0. The van der Waals surface area contributed by atoms with Crippen LogP contribution in [0.25, 0.3) is 6.08 Å². The highest BCUT2D eigenvalue weighted by Crippen LogP contribution is 2.34. The predicted molar refractivity (Wildman–Crippen MR) is 112 cm³/mol. The van der Waals surface area contributed by atoms with Gasteiger partial charge in [-0.05, 0) is 37.1 Å². The van der Waals surface area contributed by atoms with Gasteiger partial charge in [0.1, 0.15) is 5.00 Å². The summed E-state index contributed by atoms with van der Waals surface area (Å²) in [5.74, 6) is -1.28. The highest BCUT2D eigenvalue weighted by atomic mass is 35.5. The van der Waals surface area contributed by atoms with E-state index in [1.54, 1.807) is 52.2 Å². The molecule has 0 unspecified atom stereocenters. The number of hydrogen-bond acceptors (Lipinski definition) is 5. The van der Waals surface area contributed by atoms with E-state index in [1.165, 1.54) is 11.0 Å². The Morgan fingerprint density at radius 2 is 1.93 bits per heavy atom. The van der Waals surface area contributed by atoms with Crippen LogP contribution in [0.2, 0.25) is 5.02 Å². The Hall–Kier alpha value is -2.64. The summed E-state index contributed by atoms with van der Waals surface area (Å²) in [6, 6.07) is 7.10. The molecule has 1 heterocycles. The van der Waals surface area contributed by atoms with Crippen LogP contribution in [0.15, 0.2) is 30.3 Å². The average molecular weight is 421 g/mol. The van der Waals surface area contributed by atoms with Crippen molar-refractivity contribution in [2.75, 3.05) is 26.0 Å². The Morgan fingerprint density at radius 1 is 1.25 bits per heavy atom. The Balaban J connectivity index is 2.34. The number of carbonyl (C=O) groups is 3. The lowest BCUT2D eigenvalue weighted by atomic mass is 10.1. The molecule has 0 aliphatic heterocycles. The third-order valence-corrected chi connectivity index (χ3v) is 5.32. The zero-order valence-corrected chi connectivity index (χ0v) is 17.6. The Kier molecular flexibility index (Phi) is 7.37. The number of hydrogen-bond donors (Lipinski definition) is 1. The van der Waals surface area contributed by atoms with Crippen LogP contribution >= 0.6 is 22.9 Å². The molecule has 148 valence electrons. The van der Waals surface area contributed by atoms with Crippen molar-refractivity contribution < 1.29 is 19.1 Å². The normalized spacial score (nSPS) is 10.8. The van der Waals surface area contributed by atoms with Gasteiger partial charge in [-0.2, -0.15) is 0 Å². The smallest absolute Gasteiger partial charge is 0.341 e. The van der Waals surface area contributed by atoms with Gasteiger partial charge in [0, 0.05) is 25.2 Å². The van der Waals surface area contributed by atoms with Gasteiger partial charge in [0.25, 0.3) is 5.91 Å². The number of nitrogens with zero attached hydrogens (tertiary/aromatic N) is 1. The van der Waals surface area contributed by atoms with Gasteiger partial charge < -0.3 is 15.0 Å². The van der Waals surface area contributed by atoms with Crippen molar-refractivity contribution in [2.24, 2.45) is 0 Å². The van der Waals surface area contributed by atoms with Crippen molar-refractivity contribution in [2.45, 2.75) is 13.8 Å². The summed E-state index contributed by atoms with van der Waals surface area (Å²) in [5, 5.41) is 3.46. The molecule has 0 saturated carbocycles.